The lowest BCUT2D eigenvalue weighted by Crippen LogP contribution is -2.20. The Morgan fingerprint density at radius 2 is 1.84 bits per heavy atom. The van der Waals surface area contributed by atoms with Crippen molar-refractivity contribution < 1.29 is 4.79 Å². The van der Waals surface area contributed by atoms with Crippen molar-refractivity contribution in [2.24, 2.45) is 5.10 Å². The van der Waals surface area contributed by atoms with Gasteiger partial charge in [0.2, 0.25) is 0 Å². The normalized spacial score (nSPS) is 11.1. The molecule has 0 saturated carbocycles. The summed E-state index contributed by atoms with van der Waals surface area (Å²) in [4.78, 5) is 12.3. The van der Waals surface area contributed by atoms with Crippen LogP contribution in [0.25, 0.3) is 17.1 Å². The molecule has 0 aliphatic carbocycles. The van der Waals surface area contributed by atoms with Crippen molar-refractivity contribution in [1.29, 1.82) is 0 Å². The SMILES string of the molecule is Cc1cccc(/C=N/NC(=O)CSc2nnc(-c3ccccc3)n2-c2ccc(Br)cc2)c1. The number of thioether (sulfide) groups is 1. The van der Waals surface area contributed by atoms with E-state index in [9.17, 15) is 4.79 Å². The van der Waals surface area contributed by atoms with E-state index in [2.05, 4.69) is 36.7 Å². The van der Waals surface area contributed by atoms with Gasteiger partial charge in [0.1, 0.15) is 0 Å². The van der Waals surface area contributed by atoms with Gasteiger partial charge in [-0.05, 0) is 36.8 Å². The zero-order chi connectivity index (χ0) is 22.3. The lowest BCUT2D eigenvalue weighted by Gasteiger charge is -2.10. The number of aryl methyl sites for hydroxylation is 1. The average Bonchev–Trinajstić information content (AvgIpc) is 3.23. The first-order chi connectivity index (χ1) is 15.6. The maximum absolute atomic E-state index is 12.3. The molecule has 0 radical (unpaired) electrons. The minimum Gasteiger partial charge on any atom is -0.272 e. The Balaban J connectivity index is 1.50. The van der Waals surface area contributed by atoms with E-state index in [0.29, 0.717) is 11.0 Å². The van der Waals surface area contributed by atoms with Gasteiger partial charge in [-0.1, -0.05) is 87.9 Å². The van der Waals surface area contributed by atoms with Crippen molar-refractivity contribution in [1.82, 2.24) is 20.2 Å². The number of benzene rings is 3. The number of rotatable bonds is 7. The summed E-state index contributed by atoms with van der Waals surface area (Å²) in [6.45, 7) is 2.01. The van der Waals surface area contributed by atoms with E-state index in [1.165, 1.54) is 11.8 Å². The molecule has 0 spiro atoms. The zero-order valence-electron chi connectivity index (χ0n) is 17.3. The number of hydrogen-bond donors (Lipinski definition) is 1. The van der Waals surface area contributed by atoms with Crippen LogP contribution in [0.15, 0.2) is 93.6 Å². The van der Waals surface area contributed by atoms with Gasteiger partial charge in [0.25, 0.3) is 5.91 Å². The summed E-state index contributed by atoms with van der Waals surface area (Å²) in [5.41, 5.74) is 6.50. The molecule has 8 heteroatoms. The van der Waals surface area contributed by atoms with Gasteiger partial charge in [0.15, 0.2) is 11.0 Å². The van der Waals surface area contributed by atoms with E-state index in [1.54, 1.807) is 6.21 Å². The van der Waals surface area contributed by atoms with Gasteiger partial charge < -0.3 is 0 Å². The van der Waals surface area contributed by atoms with Crippen molar-refractivity contribution in [2.75, 3.05) is 5.75 Å². The first kappa shape index (κ1) is 22.0. The van der Waals surface area contributed by atoms with Crippen molar-refractivity contribution in [3.05, 3.63) is 94.5 Å². The van der Waals surface area contributed by atoms with Crippen LogP contribution in [0.1, 0.15) is 11.1 Å². The summed E-state index contributed by atoms with van der Waals surface area (Å²) in [5, 5.41) is 13.4. The molecule has 1 aromatic heterocycles. The van der Waals surface area contributed by atoms with E-state index < -0.39 is 0 Å². The third kappa shape index (κ3) is 5.52. The molecule has 6 nitrogen and oxygen atoms in total. The maximum atomic E-state index is 12.3. The van der Waals surface area contributed by atoms with Crippen molar-refractivity contribution in [3.8, 4) is 17.1 Å². The van der Waals surface area contributed by atoms with Crippen LogP contribution in [0.4, 0.5) is 0 Å². The Morgan fingerprint density at radius 3 is 2.59 bits per heavy atom. The highest BCUT2D eigenvalue weighted by molar-refractivity contribution is 9.10. The summed E-state index contributed by atoms with van der Waals surface area (Å²) in [7, 11) is 0. The van der Waals surface area contributed by atoms with E-state index in [4.69, 9.17) is 0 Å². The Labute approximate surface area is 198 Å². The number of carbonyl (C=O) groups excluding carboxylic acids is 1. The predicted octanol–water partition coefficient (Wildman–Crippen LogP) is 5.25. The van der Waals surface area contributed by atoms with Gasteiger partial charge in [-0.25, -0.2) is 5.43 Å². The molecule has 1 heterocycles. The molecule has 1 amide bonds. The number of nitrogens with zero attached hydrogens (tertiary/aromatic N) is 4. The van der Waals surface area contributed by atoms with Crippen molar-refractivity contribution in [2.45, 2.75) is 12.1 Å². The van der Waals surface area contributed by atoms with Gasteiger partial charge in [0.05, 0.1) is 12.0 Å². The van der Waals surface area contributed by atoms with Crippen LogP contribution in [0.3, 0.4) is 0 Å². The van der Waals surface area contributed by atoms with E-state index in [-0.39, 0.29) is 11.7 Å². The average molecular weight is 506 g/mol. The minimum absolute atomic E-state index is 0.161. The second kappa shape index (κ2) is 10.4. The van der Waals surface area contributed by atoms with Gasteiger partial charge >= 0.3 is 0 Å². The standard InChI is InChI=1S/C24H20BrN5OS/c1-17-6-5-7-18(14-17)15-26-27-22(31)16-32-24-29-28-23(19-8-3-2-4-9-19)30(24)21-12-10-20(25)11-13-21/h2-15H,16H2,1H3,(H,27,31)/b26-15+. The van der Waals surface area contributed by atoms with Crippen LogP contribution in [-0.2, 0) is 4.79 Å². The van der Waals surface area contributed by atoms with Crippen molar-refractivity contribution in [3.63, 3.8) is 0 Å². The largest absolute Gasteiger partial charge is 0.272 e. The molecule has 3 aromatic carbocycles. The highest BCUT2D eigenvalue weighted by Gasteiger charge is 2.17. The van der Waals surface area contributed by atoms with Crippen LogP contribution in [0.2, 0.25) is 0 Å². The number of halogens is 1. The second-order valence-electron chi connectivity index (χ2n) is 6.98. The highest BCUT2D eigenvalue weighted by atomic mass is 79.9. The molecular formula is C24H20BrN5OS. The summed E-state index contributed by atoms with van der Waals surface area (Å²) in [6.07, 6.45) is 1.63. The number of nitrogens with one attached hydrogen (secondary N) is 1. The molecular weight excluding hydrogens is 486 g/mol. The lowest BCUT2D eigenvalue weighted by atomic mass is 10.2. The summed E-state index contributed by atoms with van der Waals surface area (Å²) < 4.78 is 2.94. The van der Waals surface area contributed by atoms with Gasteiger partial charge in [-0.15, -0.1) is 10.2 Å². The monoisotopic (exact) mass is 505 g/mol. The lowest BCUT2D eigenvalue weighted by molar-refractivity contribution is -0.118. The van der Waals surface area contributed by atoms with E-state index >= 15 is 0 Å². The quantitative estimate of drug-likeness (QED) is 0.211. The van der Waals surface area contributed by atoms with E-state index in [0.717, 1.165) is 26.9 Å². The van der Waals surface area contributed by atoms with Crippen LogP contribution >= 0.6 is 27.7 Å². The van der Waals surface area contributed by atoms with Crippen LogP contribution in [-0.4, -0.2) is 32.6 Å². The third-order valence-electron chi connectivity index (χ3n) is 4.53. The van der Waals surface area contributed by atoms with Crippen LogP contribution < -0.4 is 5.43 Å². The molecule has 4 aromatic rings. The van der Waals surface area contributed by atoms with E-state index in [1.807, 2.05) is 90.4 Å². The molecule has 0 unspecified atom stereocenters. The van der Waals surface area contributed by atoms with Gasteiger partial charge in [-0.3, -0.25) is 9.36 Å². The first-order valence-electron chi connectivity index (χ1n) is 9.88. The molecule has 0 aliphatic heterocycles. The Bertz CT molecular complexity index is 1240. The fraction of sp³-hybridized carbons (Fsp3) is 0.0833. The summed E-state index contributed by atoms with van der Waals surface area (Å²) in [5.74, 6) is 0.660. The zero-order valence-corrected chi connectivity index (χ0v) is 19.7. The molecule has 1 N–H and O–H groups in total. The van der Waals surface area contributed by atoms with Gasteiger partial charge in [0, 0.05) is 15.7 Å². The third-order valence-corrected chi connectivity index (χ3v) is 5.99. The summed E-state index contributed by atoms with van der Waals surface area (Å²) >= 11 is 4.78. The minimum atomic E-state index is -0.217. The molecule has 0 aliphatic rings. The number of amides is 1. The molecule has 0 saturated heterocycles. The van der Waals surface area contributed by atoms with Crippen molar-refractivity contribution >= 4 is 39.8 Å². The topological polar surface area (TPSA) is 72.2 Å². The molecule has 0 atom stereocenters. The smallest absolute Gasteiger partial charge is 0.250 e. The fourth-order valence-electron chi connectivity index (χ4n) is 3.05. The van der Waals surface area contributed by atoms with Crippen LogP contribution in [0.5, 0.6) is 0 Å². The number of aromatic nitrogens is 3. The Kier molecular flexibility index (Phi) is 7.14. The Hall–Kier alpha value is -3.23. The molecule has 32 heavy (non-hydrogen) atoms. The molecule has 0 bridgehead atoms. The highest BCUT2D eigenvalue weighted by Crippen LogP contribution is 2.28. The summed E-state index contributed by atoms with van der Waals surface area (Å²) in [6, 6.07) is 25.6. The Morgan fingerprint density at radius 1 is 1.06 bits per heavy atom. The number of hydrazone groups is 1. The molecule has 4 rings (SSSR count). The predicted molar refractivity (Wildman–Crippen MR) is 132 cm³/mol. The first-order valence-corrected chi connectivity index (χ1v) is 11.7. The number of hydrogen-bond acceptors (Lipinski definition) is 5. The fourth-order valence-corrected chi connectivity index (χ4v) is 4.06. The maximum Gasteiger partial charge on any atom is 0.250 e. The molecule has 160 valence electrons. The number of carbonyl (C=O) groups is 1. The van der Waals surface area contributed by atoms with Gasteiger partial charge in [-0.2, -0.15) is 5.10 Å². The second-order valence-corrected chi connectivity index (χ2v) is 8.84. The van der Waals surface area contributed by atoms with Crippen LogP contribution in [0, 0.1) is 6.92 Å². The molecule has 0 fully saturated rings.